The van der Waals surface area contributed by atoms with Gasteiger partial charge in [0.05, 0.1) is 18.4 Å². The van der Waals surface area contributed by atoms with Crippen LogP contribution in [0.2, 0.25) is 0 Å². The van der Waals surface area contributed by atoms with Gasteiger partial charge in [-0.15, -0.1) is 0 Å². The minimum atomic E-state index is -0.163. The van der Waals surface area contributed by atoms with E-state index in [1.54, 1.807) is 4.90 Å². The lowest BCUT2D eigenvalue weighted by molar-refractivity contribution is -0.122. The van der Waals surface area contributed by atoms with Gasteiger partial charge in [-0.2, -0.15) is 5.26 Å². The van der Waals surface area contributed by atoms with E-state index in [4.69, 9.17) is 11.0 Å². The number of hydrogen-bond acceptors (Lipinski definition) is 3. The molecule has 0 saturated heterocycles. The summed E-state index contributed by atoms with van der Waals surface area (Å²) in [7, 11) is 0. The average Bonchev–Trinajstić information content (AvgIpc) is 2.46. The number of hydrogen-bond donors (Lipinski definition) is 1. The van der Waals surface area contributed by atoms with Gasteiger partial charge in [-0.3, -0.25) is 4.79 Å². The van der Waals surface area contributed by atoms with Crippen LogP contribution in [0.5, 0.6) is 0 Å². The summed E-state index contributed by atoms with van der Waals surface area (Å²) in [6.07, 6.45) is 2.03. The summed E-state index contributed by atoms with van der Waals surface area (Å²) in [4.78, 5) is 14.2. The maximum absolute atomic E-state index is 12.5. The van der Waals surface area contributed by atoms with Crippen molar-refractivity contribution in [3.63, 3.8) is 0 Å². The first-order valence-electron chi connectivity index (χ1n) is 6.68. The van der Waals surface area contributed by atoms with Crippen LogP contribution in [-0.2, 0) is 4.79 Å². The lowest BCUT2D eigenvalue weighted by Gasteiger charge is -2.26. The molecule has 19 heavy (non-hydrogen) atoms. The van der Waals surface area contributed by atoms with E-state index in [9.17, 15) is 4.79 Å². The standard InChI is InChI=1S/C15H21N3O/c1-2-7-13(12-17)15(19)18(11-6-10-16)14-8-4-3-5-9-14/h3-5,8-9,13H,2,6-7,11-12,17H2,1H3. The Morgan fingerprint density at radius 1 is 1.42 bits per heavy atom. The zero-order chi connectivity index (χ0) is 14.1. The van der Waals surface area contributed by atoms with Crippen molar-refractivity contribution >= 4 is 11.6 Å². The van der Waals surface area contributed by atoms with Crippen molar-refractivity contribution in [2.45, 2.75) is 26.2 Å². The summed E-state index contributed by atoms with van der Waals surface area (Å²) in [5, 5.41) is 8.73. The molecule has 0 bridgehead atoms. The number of anilines is 1. The predicted molar refractivity (Wildman–Crippen MR) is 76.5 cm³/mol. The summed E-state index contributed by atoms with van der Waals surface area (Å²) >= 11 is 0. The first-order valence-corrected chi connectivity index (χ1v) is 6.68. The van der Waals surface area contributed by atoms with Crippen LogP contribution in [0.4, 0.5) is 5.69 Å². The number of nitrogens with zero attached hydrogens (tertiary/aromatic N) is 2. The van der Waals surface area contributed by atoms with Crippen LogP contribution in [0.3, 0.4) is 0 Å². The van der Waals surface area contributed by atoms with E-state index < -0.39 is 0 Å². The predicted octanol–water partition coefficient (Wildman–Crippen LogP) is 2.31. The van der Waals surface area contributed by atoms with Crippen molar-refractivity contribution in [2.75, 3.05) is 18.0 Å². The van der Waals surface area contributed by atoms with E-state index in [2.05, 4.69) is 6.07 Å². The first-order chi connectivity index (χ1) is 9.24. The van der Waals surface area contributed by atoms with Crippen molar-refractivity contribution in [3.8, 4) is 6.07 Å². The summed E-state index contributed by atoms with van der Waals surface area (Å²) in [6, 6.07) is 11.5. The molecule has 0 spiro atoms. The Labute approximate surface area is 114 Å². The van der Waals surface area contributed by atoms with E-state index in [1.165, 1.54) is 0 Å². The number of nitriles is 1. The van der Waals surface area contributed by atoms with Crippen molar-refractivity contribution in [2.24, 2.45) is 11.7 Å². The molecule has 0 aliphatic rings. The van der Waals surface area contributed by atoms with Crippen molar-refractivity contribution in [1.82, 2.24) is 0 Å². The molecule has 102 valence electrons. The third-order valence-corrected chi connectivity index (χ3v) is 3.05. The molecule has 0 aromatic heterocycles. The second-order valence-electron chi connectivity index (χ2n) is 4.45. The maximum Gasteiger partial charge on any atom is 0.231 e. The molecule has 0 heterocycles. The van der Waals surface area contributed by atoms with Gasteiger partial charge in [-0.05, 0) is 18.6 Å². The maximum atomic E-state index is 12.5. The SMILES string of the molecule is CCCC(CN)C(=O)N(CCC#N)c1ccccc1. The number of benzene rings is 1. The Hall–Kier alpha value is -1.86. The van der Waals surface area contributed by atoms with Gasteiger partial charge in [0, 0.05) is 18.8 Å². The highest BCUT2D eigenvalue weighted by Gasteiger charge is 2.23. The van der Waals surface area contributed by atoms with Crippen LogP contribution in [0.25, 0.3) is 0 Å². The molecule has 2 N–H and O–H groups in total. The van der Waals surface area contributed by atoms with Gasteiger partial charge in [0.15, 0.2) is 0 Å². The molecule has 1 atom stereocenters. The van der Waals surface area contributed by atoms with Crippen LogP contribution in [-0.4, -0.2) is 19.0 Å². The molecule has 0 aliphatic carbocycles. The van der Waals surface area contributed by atoms with Crippen LogP contribution >= 0.6 is 0 Å². The van der Waals surface area contributed by atoms with Crippen molar-refractivity contribution in [3.05, 3.63) is 30.3 Å². The molecule has 0 aliphatic heterocycles. The topological polar surface area (TPSA) is 70.1 Å². The third-order valence-electron chi connectivity index (χ3n) is 3.05. The Bertz CT molecular complexity index is 425. The molecule has 1 aromatic rings. The molecular formula is C15H21N3O. The Kier molecular flexibility index (Phi) is 6.62. The van der Waals surface area contributed by atoms with E-state index >= 15 is 0 Å². The summed E-state index contributed by atoms with van der Waals surface area (Å²) in [5.41, 5.74) is 6.52. The monoisotopic (exact) mass is 259 g/mol. The molecule has 0 saturated carbocycles. The zero-order valence-corrected chi connectivity index (χ0v) is 11.4. The Morgan fingerprint density at radius 3 is 2.63 bits per heavy atom. The fourth-order valence-corrected chi connectivity index (χ4v) is 2.05. The van der Waals surface area contributed by atoms with Gasteiger partial charge in [-0.1, -0.05) is 31.5 Å². The van der Waals surface area contributed by atoms with E-state index in [1.807, 2.05) is 37.3 Å². The smallest absolute Gasteiger partial charge is 0.231 e. The second-order valence-corrected chi connectivity index (χ2v) is 4.45. The molecular weight excluding hydrogens is 238 g/mol. The molecule has 1 amide bonds. The molecule has 1 rings (SSSR count). The van der Waals surface area contributed by atoms with Gasteiger partial charge in [0.2, 0.25) is 5.91 Å². The number of carbonyl (C=O) groups is 1. The van der Waals surface area contributed by atoms with Gasteiger partial charge < -0.3 is 10.6 Å². The van der Waals surface area contributed by atoms with E-state index in [-0.39, 0.29) is 11.8 Å². The van der Waals surface area contributed by atoms with Crippen molar-refractivity contribution in [1.29, 1.82) is 5.26 Å². The summed E-state index contributed by atoms with van der Waals surface area (Å²) < 4.78 is 0. The van der Waals surface area contributed by atoms with Crippen LogP contribution in [0, 0.1) is 17.2 Å². The van der Waals surface area contributed by atoms with E-state index in [0.717, 1.165) is 18.5 Å². The summed E-state index contributed by atoms with van der Waals surface area (Å²) in [6.45, 7) is 2.81. The highest BCUT2D eigenvalue weighted by atomic mass is 16.2. The largest absolute Gasteiger partial charge is 0.330 e. The normalized spacial score (nSPS) is 11.6. The van der Waals surface area contributed by atoms with Crippen LogP contribution < -0.4 is 10.6 Å². The highest BCUT2D eigenvalue weighted by Crippen LogP contribution is 2.18. The molecule has 4 nitrogen and oxygen atoms in total. The minimum absolute atomic E-state index is 0.0193. The number of para-hydroxylation sites is 1. The van der Waals surface area contributed by atoms with Crippen LogP contribution in [0.1, 0.15) is 26.2 Å². The lowest BCUT2D eigenvalue weighted by atomic mass is 10.0. The highest BCUT2D eigenvalue weighted by molar-refractivity contribution is 5.95. The minimum Gasteiger partial charge on any atom is -0.330 e. The lowest BCUT2D eigenvalue weighted by Crippen LogP contribution is -2.39. The van der Waals surface area contributed by atoms with Gasteiger partial charge in [-0.25, -0.2) is 0 Å². The number of amides is 1. The fourth-order valence-electron chi connectivity index (χ4n) is 2.05. The second kappa shape index (κ2) is 8.28. The first kappa shape index (κ1) is 15.2. The molecule has 1 unspecified atom stereocenters. The molecule has 4 heteroatoms. The third kappa shape index (κ3) is 4.38. The summed E-state index contributed by atoms with van der Waals surface area (Å²) in [5.74, 6) is -0.144. The number of nitrogens with two attached hydrogens (primary N) is 1. The number of carbonyl (C=O) groups excluding carboxylic acids is 1. The van der Waals surface area contributed by atoms with E-state index in [0.29, 0.717) is 19.5 Å². The van der Waals surface area contributed by atoms with Crippen LogP contribution in [0.15, 0.2) is 30.3 Å². The van der Waals surface area contributed by atoms with Crippen molar-refractivity contribution < 1.29 is 4.79 Å². The Balaban J connectivity index is 2.90. The number of rotatable bonds is 7. The van der Waals surface area contributed by atoms with Gasteiger partial charge in [0.25, 0.3) is 0 Å². The average molecular weight is 259 g/mol. The van der Waals surface area contributed by atoms with Gasteiger partial charge >= 0.3 is 0 Å². The molecule has 1 aromatic carbocycles. The molecule has 0 fully saturated rings. The fraction of sp³-hybridized carbons (Fsp3) is 0.467. The Morgan fingerprint density at radius 2 is 2.11 bits per heavy atom. The quantitative estimate of drug-likeness (QED) is 0.816. The zero-order valence-electron chi connectivity index (χ0n) is 11.4. The van der Waals surface area contributed by atoms with Gasteiger partial charge in [0.1, 0.15) is 0 Å². The molecule has 0 radical (unpaired) electrons.